The van der Waals surface area contributed by atoms with Crippen molar-refractivity contribution in [3.8, 4) is 0 Å². The number of hydrogen-bond donors (Lipinski definition) is 0. The van der Waals surface area contributed by atoms with Crippen molar-refractivity contribution in [3.05, 3.63) is 35.9 Å². The summed E-state index contributed by atoms with van der Waals surface area (Å²) in [5.74, 6) is 0.404. The fraction of sp³-hybridized carbons (Fsp3) is 0.471. The average Bonchev–Trinajstić information content (AvgIpc) is 2.44. The van der Waals surface area contributed by atoms with Crippen LogP contribution in [0.15, 0.2) is 35.2 Å². The minimum absolute atomic E-state index is 0.229. The lowest BCUT2D eigenvalue weighted by molar-refractivity contribution is -0.136. The Kier molecular flexibility index (Phi) is 7.45. The summed E-state index contributed by atoms with van der Waals surface area (Å²) in [6.45, 7) is 6.61. The van der Waals surface area contributed by atoms with Crippen molar-refractivity contribution in [2.24, 2.45) is 5.92 Å². The zero-order chi connectivity index (χ0) is 15.0. The van der Waals surface area contributed by atoms with Gasteiger partial charge in [0, 0.05) is 4.90 Å². The highest BCUT2D eigenvalue weighted by molar-refractivity contribution is 7.98. The van der Waals surface area contributed by atoms with Crippen LogP contribution in [0.3, 0.4) is 0 Å². The average molecular weight is 292 g/mol. The molecule has 0 heterocycles. The van der Waals surface area contributed by atoms with Crippen molar-refractivity contribution >= 4 is 23.3 Å². The van der Waals surface area contributed by atoms with Crippen molar-refractivity contribution in [2.75, 3.05) is 12.9 Å². The van der Waals surface area contributed by atoms with Gasteiger partial charge in [0.2, 0.25) is 0 Å². The number of ether oxygens (including phenoxy) is 1. The molecule has 1 rings (SSSR count). The van der Waals surface area contributed by atoms with E-state index < -0.39 is 0 Å². The zero-order valence-corrected chi connectivity index (χ0v) is 13.6. The van der Waals surface area contributed by atoms with E-state index in [0.717, 1.165) is 18.4 Å². The second kappa shape index (κ2) is 8.85. The smallest absolute Gasteiger partial charge is 0.338 e. The lowest BCUT2D eigenvalue weighted by Gasteiger charge is -2.09. The maximum absolute atomic E-state index is 12.1. The third-order valence-corrected chi connectivity index (χ3v) is 3.73. The Labute approximate surface area is 126 Å². The van der Waals surface area contributed by atoms with Gasteiger partial charge in [0.15, 0.2) is 0 Å². The largest absolute Gasteiger partial charge is 0.462 e. The number of esters is 1. The van der Waals surface area contributed by atoms with Gasteiger partial charge in [-0.3, -0.25) is 0 Å². The molecule has 0 fully saturated rings. The molecular formula is C17H24O2S. The van der Waals surface area contributed by atoms with Crippen LogP contribution in [0.25, 0.3) is 5.57 Å². The molecule has 0 aromatic heterocycles. The van der Waals surface area contributed by atoms with Crippen LogP contribution in [0.4, 0.5) is 0 Å². The van der Waals surface area contributed by atoms with Gasteiger partial charge in [-0.2, -0.15) is 0 Å². The second-order valence-electron chi connectivity index (χ2n) is 5.04. The highest BCUT2D eigenvalue weighted by Gasteiger charge is 2.12. The molecule has 0 bridgehead atoms. The molecule has 0 N–H and O–H groups in total. The fourth-order valence-electron chi connectivity index (χ4n) is 1.86. The van der Waals surface area contributed by atoms with Gasteiger partial charge < -0.3 is 4.74 Å². The van der Waals surface area contributed by atoms with Crippen LogP contribution in [0.5, 0.6) is 0 Å². The number of carbonyl (C=O) groups is 1. The Bertz CT molecular complexity index is 447. The summed E-state index contributed by atoms with van der Waals surface area (Å²) in [4.78, 5) is 13.3. The van der Waals surface area contributed by atoms with Gasteiger partial charge in [-0.25, -0.2) is 4.79 Å². The van der Waals surface area contributed by atoms with Crippen LogP contribution < -0.4 is 0 Å². The van der Waals surface area contributed by atoms with E-state index in [1.54, 1.807) is 11.8 Å². The van der Waals surface area contributed by atoms with Crippen molar-refractivity contribution in [1.29, 1.82) is 0 Å². The van der Waals surface area contributed by atoms with E-state index >= 15 is 0 Å². The third-order valence-electron chi connectivity index (χ3n) is 2.99. The summed E-state index contributed by atoms with van der Waals surface area (Å²) in [7, 11) is 0. The molecular weight excluding hydrogens is 268 g/mol. The molecule has 1 aromatic rings. The number of benzene rings is 1. The molecule has 110 valence electrons. The molecule has 0 aliphatic rings. The topological polar surface area (TPSA) is 26.3 Å². The molecule has 0 aliphatic heterocycles. The number of rotatable bonds is 7. The molecule has 0 unspecified atom stereocenters. The van der Waals surface area contributed by atoms with Crippen LogP contribution in [-0.2, 0) is 9.53 Å². The monoisotopic (exact) mass is 292 g/mol. The number of allylic oxidation sites excluding steroid dienone is 1. The van der Waals surface area contributed by atoms with Gasteiger partial charge in [-0.1, -0.05) is 32.1 Å². The molecule has 2 nitrogen and oxygen atoms in total. The minimum Gasteiger partial charge on any atom is -0.462 e. The molecule has 0 atom stereocenters. The zero-order valence-electron chi connectivity index (χ0n) is 12.8. The third kappa shape index (κ3) is 5.41. The highest BCUT2D eigenvalue weighted by Crippen LogP contribution is 2.22. The molecule has 1 aromatic carbocycles. The predicted molar refractivity (Wildman–Crippen MR) is 86.9 cm³/mol. The number of carbonyl (C=O) groups excluding carboxylic acids is 1. The van der Waals surface area contributed by atoms with Crippen LogP contribution in [0, 0.1) is 5.92 Å². The summed E-state index contributed by atoms with van der Waals surface area (Å²) in [5, 5.41) is 0. The number of thioether (sulfide) groups is 1. The first-order chi connectivity index (χ1) is 9.58. The maximum Gasteiger partial charge on any atom is 0.338 e. The molecule has 0 spiro atoms. The first kappa shape index (κ1) is 16.8. The lowest BCUT2D eigenvalue weighted by Crippen LogP contribution is -2.07. The Morgan fingerprint density at radius 1 is 1.30 bits per heavy atom. The molecule has 3 heteroatoms. The SMILES string of the molecule is CCOC(=O)/C(=C/CCC(C)C)c1ccc(SC)cc1. The van der Waals surface area contributed by atoms with Crippen molar-refractivity contribution in [3.63, 3.8) is 0 Å². The van der Waals surface area contributed by atoms with E-state index in [4.69, 9.17) is 4.74 Å². The standard InChI is InChI=1S/C17H24O2S/c1-5-19-17(18)16(8-6-7-13(2)3)14-9-11-15(20-4)12-10-14/h8-13H,5-7H2,1-4H3/b16-8+. The van der Waals surface area contributed by atoms with Gasteiger partial charge in [0.05, 0.1) is 12.2 Å². The highest BCUT2D eigenvalue weighted by atomic mass is 32.2. The molecule has 20 heavy (non-hydrogen) atoms. The van der Waals surface area contributed by atoms with Crippen molar-refractivity contribution in [1.82, 2.24) is 0 Å². The summed E-state index contributed by atoms with van der Waals surface area (Å²) >= 11 is 1.69. The molecule has 0 amide bonds. The Hall–Kier alpha value is -1.22. The molecule has 0 saturated carbocycles. The van der Waals surface area contributed by atoms with Crippen LogP contribution in [0.1, 0.15) is 39.2 Å². The summed E-state index contributed by atoms with van der Waals surface area (Å²) in [6, 6.07) is 8.05. The van der Waals surface area contributed by atoms with Gasteiger partial charge in [-0.05, 0) is 49.6 Å². The summed E-state index contributed by atoms with van der Waals surface area (Å²) in [6.07, 6.45) is 6.02. The Balaban J connectivity index is 2.93. The summed E-state index contributed by atoms with van der Waals surface area (Å²) < 4.78 is 5.16. The normalized spacial score (nSPS) is 11.8. The quantitative estimate of drug-likeness (QED) is 0.410. The van der Waals surface area contributed by atoms with E-state index in [2.05, 4.69) is 13.8 Å². The summed E-state index contributed by atoms with van der Waals surface area (Å²) in [5.41, 5.74) is 1.62. The van der Waals surface area contributed by atoms with Crippen molar-refractivity contribution < 1.29 is 9.53 Å². The van der Waals surface area contributed by atoms with E-state index in [-0.39, 0.29) is 5.97 Å². The second-order valence-corrected chi connectivity index (χ2v) is 5.92. The van der Waals surface area contributed by atoms with Crippen LogP contribution in [0.2, 0.25) is 0 Å². The van der Waals surface area contributed by atoms with E-state index in [9.17, 15) is 4.79 Å². The van der Waals surface area contributed by atoms with Crippen molar-refractivity contribution in [2.45, 2.75) is 38.5 Å². The van der Waals surface area contributed by atoms with E-state index in [1.165, 1.54) is 4.90 Å². The first-order valence-electron chi connectivity index (χ1n) is 7.10. The van der Waals surface area contributed by atoms with Gasteiger partial charge in [-0.15, -0.1) is 11.8 Å². The van der Waals surface area contributed by atoms with E-state index in [1.807, 2.05) is 43.5 Å². The lowest BCUT2D eigenvalue weighted by atomic mass is 10.0. The van der Waals surface area contributed by atoms with E-state index in [0.29, 0.717) is 18.1 Å². The Morgan fingerprint density at radius 3 is 2.45 bits per heavy atom. The fourth-order valence-corrected chi connectivity index (χ4v) is 2.27. The first-order valence-corrected chi connectivity index (χ1v) is 8.32. The molecule has 0 saturated heterocycles. The van der Waals surface area contributed by atoms with Gasteiger partial charge in [0.25, 0.3) is 0 Å². The number of hydrogen-bond acceptors (Lipinski definition) is 3. The van der Waals surface area contributed by atoms with Gasteiger partial charge in [0.1, 0.15) is 0 Å². The molecule has 0 radical (unpaired) electrons. The van der Waals surface area contributed by atoms with Gasteiger partial charge >= 0.3 is 5.97 Å². The molecule has 0 aliphatic carbocycles. The minimum atomic E-state index is -0.229. The maximum atomic E-state index is 12.1. The Morgan fingerprint density at radius 2 is 1.95 bits per heavy atom. The van der Waals surface area contributed by atoms with Crippen LogP contribution in [-0.4, -0.2) is 18.8 Å². The van der Waals surface area contributed by atoms with Crippen LogP contribution >= 0.6 is 11.8 Å². The predicted octanol–water partition coefficient (Wildman–Crippen LogP) is 4.79.